The number of esters is 1. The van der Waals surface area contributed by atoms with E-state index in [1.165, 1.54) is 30.7 Å². The Hall–Kier alpha value is -2.70. The minimum absolute atomic E-state index is 0.150. The topological polar surface area (TPSA) is 73.2 Å². The number of carbonyl (C=O) groups excluding carboxylic acids is 2. The molecule has 126 valence electrons. The quantitative estimate of drug-likeness (QED) is 0.878. The molecule has 1 atom stereocenters. The van der Waals surface area contributed by atoms with Crippen LogP contribution in [0.1, 0.15) is 42.9 Å². The summed E-state index contributed by atoms with van der Waals surface area (Å²) >= 11 is 0. The van der Waals surface area contributed by atoms with Crippen molar-refractivity contribution in [3.05, 3.63) is 47.8 Å². The lowest BCUT2D eigenvalue weighted by atomic mass is 9.76. The summed E-state index contributed by atoms with van der Waals surface area (Å²) in [7, 11) is 0. The van der Waals surface area contributed by atoms with E-state index in [1.807, 2.05) is 0 Å². The summed E-state index contributed by atoms with van der Waals surface area (Å²) in [5.74, 6) is -1.11. The van der Waals surface area contributed by atoms with Crippen LogP contribution in [0.25, 0.3) is 0 Å². The number of nitrogens with one attached hydrogen (secondary N) is 1. The number of halogens is 1. The van der Waals surface area contributed by atoms with Gasteiger partial charge in [0.25, 0.3) is 0 Å². The van der Waals surface area contributed by atoms with E-state index in [0.717, 1.165) is 0 Å². The maximum Gasteiger partial charge on any atom is 0.358 e. The zero-order valence-electron chi connectivity index (χ0n) is 13.7. The van der Waals surface area contributed by atoms with Gasteiger partial charge >= 0.3 is 5.97 Å². The van der Waals surface area contributed by atoms with E-state index in [4.69, 9.17) is 4.74 Å². The van der Waals surface area contributed by atoms with Crippen molar-refractivity contribution in [2.24, 2.45) is 5.41 Å². The molecule has 0 fully saturated rings. The van der Waals surface area contributed by atoms with Crippen molar-refractivity contribution in [2.75, 3.05) is 11.9 Å². The summed E-state index contributed by atoms with van der Waals surface area (Å²) in [5.41, 5.74) is 0.481. The molecule has 7 heteroatoms. The summed E-state index contributed by atoms with van der Waals surface area (Å²) in [6, 6.07) is 3.73. The molecule has 3 rings (SSSR count). The number of aromatic nitrogens is 2. The van der Waals surface area contributed by atoms with Crippen LogP contribution in [-0.4, -0.2) is 28.0 Å². The van der Waals surface area contributed by atoms with Gasteiger partial charge in [-0.05, 0) is 39.0 Å². The lowest BCUT2D eigenvalue weighted by Gasteiger charge is -2.39. The molecule has 0 spiro atoms. The van der Waals surface area contributed by atoms with Crippen molar-refractivity contribution in [3.63, 3.8) is 0 Å². The minimum atomic E-state index is -0.854. The monoisotopic (exact) mass is 331 g/mol. The Labute approximate surface area is 138 Å². The summed E-state index contributed by atoms with van der Waals surface area (Å²) in [6.45, 7) is 5.50. The van der Waals surface area contributed by atoms with E-state index < -0.39 is 23.2 Å². The van der Waals surface area contributed by atoms with Crippen molar-refractivity contribution in [1.29, 1.82) is 0 Å². The molecule has 1 N–H and O–H groups in total. The number of nitrogens with zero attached hydrogens (tertiary/aromatic N) is 2. The number of anilines is 1. The average molecular weight is 331 g/mol. The molecule has 1 aliphatic heterocycles. The first kappa shape index (κ1) is 16.2. The van der Waals surface area contributed by atoms with E-state index in [-0.39, 0.29) is 18.2 Å². The van der Waals surface area contributed by atoms with Crippen LogP contribution in [-0.2, 0) is 9.53 Å². The largest absolute Gasteiger partial charge is 0.461 e. The molecule has 2 aromatic rings. The second-order valence-corrected chi connectivity index (χ2v) is 6.24. The number of benzene rings is 1. The van der Waals surface area contributed by atoms with Crippen LogP contribution in [0.4, 0.5) is 10.1 Å². The molecule has 6 nitrogen and oxygen atoms in total. The highest BCUT2D eigenvalue weighted by atomic mass is 19.1. The van der Waals surface area contributed by atoms with Gasteiger partial charge in [-0.1, -0.05) is 0 Å². The Morgan fingerprint density at radius 3 is 2.92 bits per heavy atom. The van der Waals surface area contributed by atoms with Gasteiger partial charge in [0.15, 0.2) is 5.69 Å². The Morgan fingerprint density at radius 1 is 1.46 bits per heavy atom. The smallest absolute Gasteiger partial charge is 0.358 e. The Bertz CT molecular complexity index is 813. The number of hydrogen-bond acceptors (Lipinski definition) is 4. The highest BCUT2D eigenvalue weighted by molar-refractivity contribution is 5.99. The summed E-state index contributed by atoms with van der Waals surface area (Å²) in [5, 5.41) is 2.80. The van der Waals surface area contributed by atoms with Gasteiger partial charge in [-0.2, -0.15) is 0 Å². The highest BCUT2D eigenvalue weighted by Crippen LogP contribution is 2.44. The van der Waals surface area contributed by atoms with Crippen LogP contribution in [0.3, 0.4) is 0 Å². The van der Waals surface area contributed by atoms with Gasteiger partial charge in [0.05, 0.1) is 24.4 Å². The third kappa shape index (κ3) is 2.55. The Morgan fingerprint density at radius 2 is 2.21 bits per heavy atom. The third-order valence-corrected chi connectivity index (χ3v) is 4.21. The van der Waals surface area contributed by atoms with Gasteiger partial charge in [0.2, 0.25) is 5.91 Å². The fraction of sp³-hybridized carbons (Fsp3) is 0.353. The molecule has 1 aliphatic rings. The fourth-order valence-electron chi connectivity index (χ4n) is 2.99. The number of ether oxygens (including phenoxy) is 1. The van der Waals surface area contributed by atoms with Crippen molar-refractivity contribution < 1.29 is 18.7 Å². The molecule has 2 heterocycles. The molecule has 1 aromatic carbocycles. The maximum absolute atomic E-state index is 13.8. The second kappa shape index (κ2) is 5.74. The van der Waals surface area contributed by atoms with E-state index in [9.17, 15) is 14.0 Å². The fourth-order valence-corrected chi connectivity index (χ4v) is 2.99. The first-order chi connectivity index (χ1) is 11.3. The van der Waals surface area contributed by atoms with Crippen molar-refractivity contribution in [3.8, 4) is 0 Å². The standard InChI is InChI=1S/C17H18FN3O3/c1-4-24-15(22)13-8-21(9-19-13)14-11-7-10(18)5-6-12(11)20-16(23)17(14,2)3/h5-9,14H,4H2,1-3H3,(H,20,23). The van der Waals surface area contributed by atoms with Gasteiger partial charge in [-0.25, -0.2) is 14.2 Å². The number of fused-ring (bicyclic) bond motifs is 1. The van der Waals surface area contributed by atoms with Crippen LogP contribution < -0.4 is 5.32 Å². The molecule has 0 saturated carbocycles. The first-order valence-corrected chi connectivity index (χ1v) is 7.66. The summed E-state index contributed by atoms with van der Waals surface area (Å²) < 4.78 is 20.3. The van der Waals surface area contributed by atoms with E-state index in [1.54, 1.807) is 25.3 Å². The van der Waals surface area contributed by atoms with Gasteiger partial charge in [0, 0.05) is 17.4 Å². The van der Waals surface area contributed by atoms with Crippen LogP contribution in [0, 0.1) is 11.2 Å². The highest BCUT2D eigenvalue weighted by Gasteiger charge is 2.44. The molecule has 24 heavy (non-hydrogen) atoms. The van der Waals surface area contributed by atoms with Crippen molar-refractivity contribution in [1.82, 2.24) is 9.55 Å². The normalized spacial score (nSPS) is 18.7. The van der Waals surface area contributed by atoms with Crippen LogP contribution in [0.5, 0.6) is 0 Å². The number of hydrogen-bond donors (Lipinski definition) is 1. The van der Waals surface area contributed by atoms with Crippen LogP contribution in [0.15, 0.2) is 30.7 Å². The SMILES string of the molecule is CCOC(=O)c1cn(C2c3cc(F)ccc3NC(=O)C2(C)C)cn1. The zero-order valence-corrected chi connectivity index (χ0v) is 13.7. The Balaban J connectivity index is 2.10. The van der Waals surface area contributed by atoms with Crippen LogP contribution in [0.2, 0.25) is 0 Å². The van der Waals surface area contributed by atoms with Gasteiger partial charge in [0.1, 0.15) is 5.82 Å². The second-order valence-electron chi connectivity index (χ2n) is 6.24. The lowest BCUT2D eigenvalue weighted by Crippen LogP contribution is -2.43. The van der Waals surface area contributed by atoms with E-state index >= 15 is 0 Å². The molecule has 0 bridgehead atoms. The number of imidazole rings is 1. The van der Waals surface area contributed by atoms with Gasteiger partial charge < -0.3 is 14.6 Å². The predicted octanol–water partition coefficient (Wildman–Crippen LogP) is 2.77. The molecule has 1 unspecified atom stereocenters. The predicted molar refractivity (Wildman–Crippen MR) is 85.1 cm³/mol. The van der Waals surface area contributed by atoms with Crippen molar-refractivity contribution in [2.45, 2.75) is 26.8 Å². The zero-order chi connectivity index (χ0) is 17.5. The summed E-state index contributed by atoms with van der Waals surface area (Å²) in [4.78, 5) is 28.3. The number of carbonyl (C=O) groups is 2. The van der Waals surface area contributed by atoms with E-state index in [0.29, 0.717) is 11.3 Å². The molecule has 0 radical (unpaired) electrons. The first-order valence-electron chi connectivity index (χ1n) is 7.66. The average Bonchev–Trinajstić information content (AvgIpc) is 2.98. The summed E-state index contributed by atoms with van der Waals surface area (Å²) in [6.07, 6.45) is 2.99. The maximum atomic E-state index is 13.8. The van der Waals surface area contributed by atoms with E-state index in [2.05, 4.69) is 10.3 Å². The lowest BCUT2D eigenvalue weighted by molar-refractivity contribution is -0.126. The number of rotatable bonds is 3. The molecule has 1 amide bonds. The third-order valence-electron chi connectivity index (χ3n) is 4.21. The minimum Gasteiger partial charge on any atom is -0.461 e. The van der Waals surface area contributed by atoms with Gasteiger partial charge in [-0.15, -0.1) is 0 Å². The van der Waals surface area contributed by atoms with Crippen molar-refractivity contribution >= 4 is 17.6 Å². The van der Waals surface area contributed by atoms with Gasteiger partial charge in [-0.3, -0.25) is 4.79 Å². The molecule has 0 aliphatic carbocycles. The molecular weight excluding hydrogens is 313 g/mol. The molecule has 1 aromatic heterocycles. The molecule has 0 saturated heterocycles. The Kier molecular flexibility index (Phi) is 3.87. The van der Waals surface area contributed by atoms with Crippen LogP contribution >= 0.6 is 0 Å². The molecular formula is C17H18FN3O3. The number of amides is 1.